The molecule has 0 aliphatic carbocycles. The lowest BCUT2D eigenvalue weighted by molar-refractivity contribution is -0.384. The summed E-state index contributed by atoms with van der Waals surface area (Å²) < 4.78 is 5.56. The van der Waals surface area contributed by atoms with E-state index >= 15 is 0 Å². The first-order valence-electron chi connectivity index (χ1n) is 8.51. The monoisotopic (exact) mass is 424 g/mol. The fourth-order valence-electron chi connectivity index (χ4n) is 2.70. The Balaban J connectivity index is 1.43. The minimum absolute atomic E-state index is 0.0558. The lowest BCUT2D eigenvalue weighted by Crippen LogP contribution is -2.10. The van der Waals surface area contributed by atoms with E-state index in [2.05, 4.69) is 5.32 Å². The Kier molecular flexibility index (Phi) is 5.24. The number of halogens is 1. The Labute approximate surface area is 174 Å². The van der Waals surface area contributed by atoms with Gasteiger partial charge in [-0.15, -0.1) is 0 Å². The molecule has 0 unspecified atom stereocenters. The second-order valence-corrected chi connectivity index (χ2v) is 7.71. The number of amides is 1. The Hall–Kier alpha value is -3.29. The first kappa shape index (κ1) is 19.0. The zero-order valence-corrected chi connectivity index (χ0v) is 16.4. The topological polar surface area (TPSA) is 85.4 Å². The van der Waals surface area contributed by atoms with Gasteiger partial charge >= 0.3 is 0 Å². The number of nitrogens with one attached hydrogen (secondary N) is 1. The molecule has 4 rings (SSSR count). The van der Waals surface area contributed by atoms with Crippen LogP contribution >= 0.6 is 23.4 Å². The van der Waals surface area contributed by atoms with Crippen molar-refractivity contribution in [3.8, 4) is 0 Å². The Morgan fingerprint density at radius 2 is 1.62 bits per heavy atom. The standard InChI is InChI=1S/C21H13ClN2O4S/c22-14-1-10-19-13(11-14)12-20(28-19)21(25)23-15-2-6-17(7-3-15)29-18-8-4-16(5-9-18)24(26)27/h1-12H,(H,23,25). The van der Waals surface area contributed by atoms with E-state index in [-0.39, 0.29) is 17.4 Å². The van der Waals surface area contributed by atoms with Crippen molar-refractivity contribution < 1.29 is 14.1 Å². The molecule has 4 aromatic rings. The molecule has 1 aromatic heterocycles. The molecule has 0 bridgehead atoms. The van der Waals surface area contributed by atoms with Gasteiger partial charge in [-0.1, -0.05) is 23.4 Å². The summed E-state index contributed by atoms with van der Waals surface area (Å²) in [6, 6.07) is 20.4. The predicted molar refractivity (Wildman–Crippen MR) is 113 cm³/mol. The van der Waals surface area contributed by atoms with E-state index in [9.17, 15) is 14.9 Å². The smallest absolute Gasteiger partial charge is 0.291 e. The van der Waals surface area contributed by atoms with Crippen molar-refractivity contribution in [2.24, 2.45) is 0 Å². The molecule has 0 radical (unpaired) electrons. The molecule has 0 aliphatic heterocycles. The van der Waals surface area contributed by atoms with Crippen LogP contribution in [0, 0.1) is 10.1 Å². The van der Waals surface area contributed by atoms with Gasteiger partial charge in [0.1, 0.15) is 5.58 Å². The number of hydrogen-bond donors (Lipinski definition) is 1. The van der Waals surface area contributed by atoms with Crippen molar-refractivity contribution in [2.75, 3.05) is 5.32 Å². The SMILES string of the molecule is O=C(Nc1ccc(Sc2ccc([N+](=O)[O-])cc2)cc1)c1cc2cc(Cl)ccc2o1. The summed E-state index contributed by atoms with van der Waals surface area (Å²) in [5.74, 6) is -0.153. The van der Waals surface area contributed by atoms with Crippen molar-refractivity contribution in [3.05, 3.63) is 93.7 Å². The van der Waals surface area contributed by atoms with Crippen LogP contribution < -0.4 is 5.32 Å². The number of nitrogens with zero attached hydrogens (tertiary/aromatic N) is 1. The van der Waals surface area contributed by atoms with Crippen LogP contribution in [0.5, 0.6) is 0 Å². The zero-order valence-electron chi connectivity index (χ0n) is 14.8. The minimum Gasteiger partial charge on any atom is -0.451 e. The van der Waals surface area contributed by atoms with E-state index in [1.54, 1.807) is 48.5 Å². The summed E-state index contributed by atoms with van der Waals surface area (Å²) in [5, 5.41) is 14.8. The van der Waals surface area contributed by atoms with Gasteiger partial charge in [-0.05, 0) is 60.7 Å². The second-order valence-electron chi connectivity index (χ2n) is 6.12. The Morgan fingerprint density at radius 3 is 2.28 bits per heavy atom. The maximum absolute atomic E-state index is 12.4. The van der Waals surface area contributed by atoms with E-state index < -0.39 is 4.92 Å². The van der Waals surface area contributed by atoms with Crippen molar-refractivity contribution >= 4 is 51.6 Å². The van der Waals surface area contributed by atoms with Gasteiger partial charge in [0, 0.05) is 38.0 Å². The van der Waals surface area contributed by atoms with Crippen LogP contribution in [-0.2, 0) is 0 Å². The number of fused-ring (bicyclic) bond motifs is 1. The average Bonchev–Trinajstić information content (AvgIpc) is 3.13. The van der Waals surface area contributed by atoms with E-state index in [4.69, 9.17) is 16.0 Å². The number of anilines is 1. The number of nitro groups is 1. The average molecular weight is 425 g/mol. The highest BCUT2D eigenvalue weighted by molar-refractivity contribution is 7.99. The largest absolute Gasteiger partial charge is 0.451 e. The summed E-state index contributed by atoms with van der Waals surface area (Å²) in [6.07, 6.45) is 0. The number of furan rings is 1. The summed E-state index contributed by atoms with van der Waals surface area (Å²) in [6.45, 7) is 0. The van der Waals surface area contributed by atoms with E-state index in [1.807, 2.05) is 12.1 Å². The van der Waals surface area contributed by atoms with Gasteiger partial charge < -0.3 is 9.73 Å². The maximum atomic E-state index is 12.4. The molecule has 144 valence electrons. The molecular weight excluding hydrogens is 412 g/mol. The van der Waals surface area contributed by atoms with Crippen molar-refractivity contribution in [1.82, 2.24) is 0 Å². The Morgan fingerprint density at radius 1 is 0.966 bits per heavy atom. The van der Waals surface area contributed by atoms with E-state index in [0.29, 0.717) is 16.3 Å². The summed E-state index contributed by atoms with van der Waals surface area (Å²) in [7, 11) is 0. The van der Waals surface area contributed by atoms with Crippen LogP contribution in [0.2, 0.25) is 5.02 Å². The van der Waals surface area contributed by atoms with Crippen LogP contribution in [0.25, 0.3) is 11.0 Å². The lowest BCUT2D eigenvalue weighted by Gasteiger charge is -2.05. The maximum Gasteiger partial charge on any atom is 0.291 e. The first-order chi connectivity index (χ1) is 14.0. The highest BCUT2D eigenvalue weighted by Gasteiger charge is 2.13. The van der Waals surface area contributed by atoms with Gasteiger partial charge in [-0.25, -0.2) is 0 Å². The summed E-state index contributed by atoms with van der Waals surface area (Å²) in [5.41, 5.74) is 1.27. The van der Waals surface area contributed by atoms with Crippen LogP contribution in [0.1, 0.15) is 10.6 Å². The van der Waals surface area contributed by atoms with Gasteiger partial charge in [0.15, 0.2) is 5.76 Å². The molecule has 29 heavy (non-hydrogen) atoms. The van der Waals surface area contributed by atoms with Gasteiger partial charge in [0.2, 0.25) is 0 Å². The molecule has 3 aromatic carbocycles. The lowest BCUT2D eigenvalue weighted by atomic mass is 10.2. The van der Waals surface area contributed by atoms with Crippen molar-refractivity contribution in [3.63, 3.8) is 0 Å². The van der Waals surface area contributed by atoms with Gasteiger partial charge in [-0.2, -0.15) is 0 Å². The number of carbonyl (C=O) groups excluding carboxylic acids is 1. The quantitative estimate of drug-likeness (QED) is 0.296. The second kappa shape index (κ2) is 7.98. The van der Waals surface area contributed by atoms with E-state index in [1.165, 1.54) is 23.9 Å². The number of benzene rings is 3. The molecule has 1 amide bonds. The minimum atomic E-state index is -0.428. The molecule has 8 heteroatoms. The normalized spacial score (nSPS) is 10.8. The van der Waals surface area contributed by atoms with Gasteiger partial charge in [0.05, 0.1) is 4.92 Å². The van der Waals surface area contributed by atoms with Gasteiger partial charge in [0.25, 0.3) is 11.6 Å². The van der Waals surface area contributed by atoms with Crippen LogP contribution in [0.3, 0.4) is 0 Å². The van der Waals surface area contributed by atoms with Crippen LogP contribution in [-0.4, -0.2) is 10.8 Å². The van der Waals surface area contributed by atoms with Crippen LogP contribution in [0.4, 0.5) is 11.4 Å². The third-order valence-electron chi connectivity index (χ3n) is 4.10. The summed E-state index contributed by atoms with van der Waals surface area (Å²) in [4.78, 5) is 24.5. The number of carbonyl (C=O) groups is 1. The molecule has 0 atom stereocenters. The molecular formula is C21H13ClN2O4S. The van der Waals surface area contributed by atoms with Gasteiger partial charge in [-0.3, -0.25) is 14.9 Å². The predicted octanol–water partition coefficient (Wildman–Crippen LogP) is 6.40. The number of rotatable bonds is 5. The third-order valence-corrected chi connectivity index (χ3v) is 5.35. The Bertz CT molecular complexity index is 1200. The highest BCUT2D eigenvalue weighted by atomic mass is 35.5. The molecule has 0 saturated carbocycles. The fourth-order valence-corrected chi connectivity index (χ4v) is 3.69. The van der Waals surface area contributed by atoms with E-state index in [0.717, 1.165) is 15.2 Å². The fraction of sp³-hybridized carbons (Fsp3) is 0. The summed E-state index contributed by atoms with van der Waals surface area (Å²) >= 11 is 7.43. The molecule has 0 aliphatic rings. The highest BCUT2D eigenvalue weighted by Crippen LogP contribution is 2.30. The zero-order chi connectivity index (χ0) is 20.4. The van der Waals surface area contributed by atoms with Crippen LogP contribution in [0.15, 0.2) is 87.0 Å². The number of hydrogen-bond acceptors (Lipinski definition) is 5. The molecule has 0 saturated heterocycles. The molecule has 0 spiro atoms. The number of non-ortho nitro benzene ring substituents is 1. The van der Waals surface area contributed by atoms with Crippen molar-refractivity contribution in [1.29, 1.82) is 0 Å². The molecule has 1 N–H and O–H groups in total. The first-order valence-corrected chi connectivity index (χ1v) is 9.70. The van der Waals surface area contributed by atoms with Crippen molar-refractivity contribution in [2.45, 2.75) is 9.79 Å². The third kappa shape index (κ3) is 4.42. The molecule has 1 heterocycles. The number of nitro benzene ring substituents is 1. The molecule has 6 nitrogen and oxygen atoms in total. The molecule has 0 fully saturated rings.